The van der Waals surface area contributed by atoms with Crippen molar-refractivity contribution in [2.45, 2.75) is 26.2 Å². The molecule has 1 heterocycles. The first kappa shape index (κ1) is 25.5. The largest absolute Gasteiger partial charge is 0.180 e. The fraction of sp³-hybridized carbons (Fsp3) is 0.100. The van der Waals surface area contributed by atoms with E-state index in [1.807, 2.05) is 0 Å². The van der Waals surface area contributed by atoms with Crippen LogP contribution in [-0.2, 0) is 5.41 Å². The van der Waals surface area contributed by atoms with Crippen molar-refractivity contribution < 1.29 is 0 Å². The molecule has 1 aliphatic heterocycles. The molecule has 0 unspecified atom stereocenters. The van der Waals surface area contributed by atoms with Gasteiger partial charge in [-0.05, 0) is 66.6 Å². The van der Waals surface area contributed by atoms with Crippen LogP contribution >= 0.6 is 0 Å². The predicted molar refractivity (Wildman–Crippen MR) is 178 cm³/mol. The fourth-order valence-electron chi connectivity index (χ4n) is 7.35. The van der Waals surface area contributed by atoms with Crippen molar-refractivity contribution in [2.75, 3.05) is 0 Å². The van der Waals surface area contributed by atoms with Crippen molar-refractivity contribution in [3.8, 4) is 22.3 Å². The molecule has 0 bridgehead atoms. The monoisotopic (exact) mass is 542 g/mol. The molecule has 7 rings (SSSR count). The van der Waals surface area contributed by atoms with E-state index in [4.69, 9.17) is 0 Å². The van der Waals surface area contributed by atoms with Gasteiger partial charge in [-0.3, -0.25) is 0 Å². The lowest BCUT2D eigenvalue weighted by atomic mass is 9.74. The maximum Gasteiger partial charge on any atom is 0.180 e. The van der Waals surface area contributed by atoms with E-state index in [0.717, 1.165) is 0 Å². The Balaban J connectivity index is 1.79. The molecule has 0 radical (unpaired) electrons. The summed E-state index contributed by atoms with van der Waals surface area (Å²) in [5, 5.41) is 5.72. The van der Waals surface area contributed by atoms with Crippen molar-refractivity contribution in [3.63, 3.8) is 0 Å². The van der Waals surface area contributed by atoms with Crippen molar-refractivity contribution in [1.29, 1.82) is 0 Å². The number of hydrogen-bond donors (Lipinski definition) is 0. The third kappa shape index (κ3) is 3.80. The van der Waals surface area contributed by atoms with Crippen LogP contribution in [-0.4, -0.2) is 8.07 Å². The Morgan fingerprint density at radius 2 is 0.902 bits per heavy atom. The molecular weight excluding hydrogens is 509 g/mol. The molecule has 0 atom stereocenters. The van der Waals surface area contributed by atoms with Gasteiger partial charge in [-0.1, -0.05) is 166 Å². The molecule has 0 aromatic heterocycles. The highest BCUT2D eigenvalue weighted by Crippen LogP contribution is 2.43. The lowest BCUT2D eigenvalue weighted by Crippen LogP contribution is -2.76. The molecule has 1 aliphatic rings. The van der Waals surface area contributed by atoms with Gasteiger partial charge in [-0.2, -0.15) is 0 Å². The first-order valence-electron chi connectivity index (χ1n) is 14.5. The summed E-state index contributed by atoms with van der Waals surface area (Å²) in [6, 6.07) is 57.1. The van der Waals surface area contributed by atoms with Gasteiger partial charge in [0.1, 0.15) is 0 Å². The average molecular weight is 543 g/mol. The molecule has 0 saturated carbocycles. The summed E-state index contributed by atoms with van der Waals surface area (Å²) in [5.74, 6) is 0. The van der Waals surface area contributed by atoms with Crippen LogP contribution < -0.4 is 20.7 Å². The van der Waals surface area contributed by atoms with Crippen LogP contribution in [0.3, 0.4) is 0 Å². The topological polar surface area (TPSA) is 0 Å². The fourth-order valence-corrected chi connectivity index (χ4v) is 12.7. The zero-order chi connectivity index (χ0) is 28.0. The van der Waals surface area contributed by atoms with Crippen LogP contribution in [0.25, 0.3) is 22.3 Å². The minimum Gasteiger partial charge on any atom is -0.0623 e. The molecule has 0 nitrogen and oxygen atoms in total. The van der Waals surface area contributed by atoms with Gasteiger partial charge in [0.05, 0.1) is 0 Å². The highest BCUT2D eigenvalue weighted by Gasteiger charge is 2.47. The van der Waals surface area contributed by atoms with Gasteiger partial charge in [0.2, 0.25) is 0 Å². The third-order valence-corrected chi connectivity index (χ3v) is 14.1. The Morgan fingerprint density at radius 3 is 1.56 bits per heavy atom. The number of aryl methyl sites for hydroxylation is 1. The standard InChI is InChI=1S/C40H34Si/c1-29-17-16-24-33-32-22-10-12-25-35(32)40(2,3)36-26-13-15-28-38(36)41(30-18-6-4-7-19-30,31-20-8-5-9-21-31)37-27-14-11-23-34(37)39(29)33/h4-28H,1-3H3. The second kappa shape index (κ2) is 9.87. The molecule has 0 fully saturated rings. The SMILES string of the molecule is Cc1cccc2c1-c1ccccc1[Si](c1ccccc1)(c1ccccc1)c1ccccc1C(C)(C)c1ccccc1-2. The molecule has 198 valence electrons. The van der Waals surface area contributed by atoms with E-state index in [-0.39, 0.29) is 5.41 Å². The minimum absolute atomic E-state index is 0.234. The van der Waals surface area contributed by atoms with E-state index >= 15 is 0 Å². The van der Waals surface area contributed by atoms with Crippen LogP contribution in [0, 0.1) is 6.92 Å². The van der Waals surface area contributed by atoms with E-state index < -0.39 is 8.07 Å². The predicted octanol–water partition coefficient (Wildman–Crippen LogP) is 7.35. The third-order valence-electron chi connectivity index (χ3n) is 9.18. The van der Waals surface area contributed by atoms with Gasteiger partial charge in [-0.25, -0.2) is 0 Å². The van der Waals surface area contributed by atoms with Gasteiger partial charge in [-0.15, -0.1) is 0 Å². The van der Waals surface area contributed by atoms with Crippen molar-refractivity contribution >= 4 is 28.8 Å². The Kier molecular flexibility index (Phi) is 6.14. The summed E-state index contributed by atoms with van der Waals surface area (Å²) in [4.78, 5) is 0. The molecule has 0 saturated heterocycles. The van der Waals surface area contributed by atoms with Crippen LogP contribution in [0.2, 0.25) is 0 Å². The second-order valence-electron chi connectivity index (χ2n) is 11.7. The second-order valence-corrected chi connectivity index (χ2v) is 15.5. The first-order valence-corrected chi connectivity index (χ1v) is 16.5. The van der Waals surface area contributed by atoms with Crippen LogP contribution in [0.1, 0.15) is 30.5 Å². The molecular formula is C40H34Si. The summed E-state index contributed by atoms with van der Waals surface area (Å²) in [7, 11) is -2.81. The highest BCUT2D eigenvalue weighted by atomic mass is 28.3. The first-order chi connectivity index (χ1) is 20.0. The zero-order valence-electron chi connectivity index (χ0n) is 23.9. The summed E-state index contributed by atoms with van der Waals surface area (Å²) >= 11 is 0. The van der Waals surface area contributed by atoms with Crippen LogP contribution in [0.15, 0.2) is 152 Å². The summed E-state index contributed by atoms with van der Waals surface area (Å²) in [5.41, 5.74) is 9.14. The Bertz CT molecular complexity index is 1830. The van der Waals surface area contributed by atoms with Crippen molar-refractivity contribution in [3.05, 3.63) is 168 Å². The number of rotatable bonds is 2. The summed E-state index contributed by atoms with van der Waals surface area (Å²) in [6.07, 6.45) is 0. The van der Waals surface area contributed by atoms with Gasteiger partial charge in [0.15, 0.2) is 8.07 Å². The summed E-state index contributed by atoms with van der Waals surface area (Å²) < 4.78 is 0. The minimum atomic E-state index is -2.81. The molecule has 6 aromatic rings. The van der Waals surface area contributed by atoms with Crippen molar-refractivity contribution in [2.24, 2.45) is 0 Å². The Hall–Kier alpha value is -4.46. The molecule has 0 aliphatic carbocycles. The van der Waals surface area contributed by atoms with E-state index in [0.29, 0.717) is 0 Å². The maximum atomic E-state index is 2.43. The van der Waals surface area contributed by atoms with Gasteiger partial charge in [0.25, 0.3) is 0 Å². The Labute approximate surface area is 245 Å². The average Bonchev–Trinajstić information content (AvgIpc) is 3.03. The van der Waals surface area contributed by atoms with E-state index in [1.165, 1.54) is 59.7 Å². The highest BCUT2D eigenvalue weighted by molar-refractivity contribution is 7.20. The summed E-state index contributed by atoms with van der Waals surface area (Å²) in [6.45, 7) is 7.11. The van der Waals surface area contributed by atoms with E-state index in [2.05, 4.69) is 172 Å². The number of benzene rings is 6. The normalized spacial score (nSPS) is 14.6. The molecule has 0 amide bonds. The number of hydrogen-bond acceptors (Lipinski definition) is 0. The van der Waals surface area contributed by atoms with Crippen LogP contribution in [0.5, 0.6) is 0 Å². The Morgan fingerprint density at radius 1 is 0.415 bits per heavy atom. The van der Waals surface area contributed by atoms with E-state index in [9.17, 15) is 0 Å². The smallest absolute Gasteiger partial charge is 0.0623 e. The maximum absolute atomic E-state index is 2.81. The lowest BCUT2D eigenvalue weighted by molar-refractivity contribution is 0.646. The number of fused-ring (bicyclic) bond motifs is 6. The molecule has 0 spiro atoms. The van der Waals surface area contributed by atoms with E-state index in [1.54, 1.807) is 0 Å². The molecule has 0 N–H and O–H groups in total. The lowest BCUT2D eigenvalue weighted by Gasteiger charge is -2.42. The van der Waals surface area contributed by atoms with Crippen molar-refractivity contribution in [1.82, 2.24) is 0 Å². The molecule has 1 heteroatoms. The quantitative estimate of drug-likeness (QED) is 0.201. The van der Waals surface area contributed by atoms with Gasteiger partial charge < -0.3 is 0 Å². The van der Waals surface area contributed by atoms with Gasteiger partial charge in [0, 0.05) is 5.41 Å². The zero-order valence-corrected chi connectivity index (χ0v) is 24.9. The van der Waals surface area contributed by atoms with Gasteiger partial charge >= 0.3 is 0 Å². The van der Waals surface area contributed by atoms with Crippen LogP contribution in [0.4, 0.5) is 0 Å². The molecule has 41 heavy (non-hydrogen) atoms. The molecule has 6 aromatic carbocycles.